The van der Waals surface area contributed by atoms with Crippen LogP contribution in [0.2, 0.25) is 0 Å². The molecule has 1 aliphatic heterocycles. The molecule has 1 aliphatic rings. The minimum atomic E-state index is -0.818. The summed E-state index contributed by atoms with van der Waals surface area (Å²) >= 11 is 3.34. The van der Waals surface area contributed by atoms with Gasteiger partial charge in [-0.05, 0) is 47.8 Å². The Kier molecular flexibility index (Phi) is 5.87. The average molecular weight is 386 g/mol. The van der Waals surface area contributed by atoms with E-state index >= 15 is 0 Å². The predicted octanol–water partition coefficient (Wildman–Crippen LogP) is 2.63. The van der Waals surface area contributed by atoms with Crippen molar-refractivity contribution in [2.75, 3.05) is 27.3 Å². The zero-order valence-electron chi connectivity index (χ0n) is 13.4. The maximum atomic E-state index is 12.3. The Bertz CT molecular complexity index is 573. The summed E-state index contributed by atoms with van der Waals surface area (Å²) in [5, 5.41) is 0. The maximum Gasteiger partial charge on any atom is 0.339 e. The first-order valence-corrected chi connectivity index (χ1v) is 8.18. The molecule has 1 atom stereocenters. The summed E-state index contributed by atoms with van der Waals surface area (Å²) in [4.78, 5) is 26.2. The predicted molar refractivity (Wildman–Crippen MR) is 87.9 cm³/mol. The number of rotatable bonds is 5. The molecular formula is C16H20BrNO5. The number of nitrogens with zero attached hydrogens (tertiary/aromatic N) is 1. The molecule has 2 rings (SSSR count). The summed E-state index contributed by atoms with van der Waals surface area (Å²) < 4.78 is 16.3. The van der Waals surface area contributed by atoms with Gasteiger partial charge in [0.2, 0.25) is 0 Å². The van der Waals surface area contributed by atoms with Crippen molar-refractivity contribution in [1.29, 1.82) is 0 Å². The number of likely N-dealkylation sites (tertiary alicyclic amines) is 1. The van der Waals surface area contributed by atoms with Crippen molar-refractivity contribution in [3.8, 4) is 11.5 Å². The second-order valence-electron chi connectivity index (χ2n) is 5.27. The zero-order valence-corrected chi connectivity index (χ0v) is 15.0. The highest BCUT2D eigenvalue weighted by molar-refractivity contribution is 9.10. The van der Waals surface area contributed by atoms with Crippen LogP contribution in [0.15, 0.2) is 16.6 Å². The third-order valence-corrected chi connectivity index (χ3v) is 4.51. The highest BCUT2D eigenvalue weighted by atomic mass is 79.9. The Hall–Kier alpha value is -1.76. The Morgan fingerprint density at radius 1 is 1.13 bits per heavy atom. The molecule has 0 aromatic heterocycles. The fourth-order valence-corrected chi connectivity index (χ4v) is 3.01. The van der Waals surface area contributed by atoms with Crippen LogP contribution in [-0.2, 0) is 9.53 Å². The fraction of sp³-hybridized carbons (Fsp3) is 0.500. The van der Waals surface area contributed by atoms with Crippen LogP contribution in [-0.4, -0.2) is 50.2 Å². The van der Waals surface area contributed by atoms with Gasteiger partial charge in [-0.25, -0.2) is 4.79 Å². The number of ether oxygens (including phenoxy) is 3. The van der Waals surface area contributed by atoms with Crippen molar-refractivity contribution in [2.45, 2.75) is 25.9 Å². The summed E-state index contributed by atoms with van der Waals surface area (Å²) in [6.07, 6.45) is 1.17. The molecule has 0 N–H and O–H groups in total. The second-order valence-corrected chi connectivity index (χ2v) is 6.07. The van der Waals surface area contributed by atoms with E-state index in [1.165, 1.54) is 14.2 Å². The summed E-state index contributed by atoms with van der Waals surface area (Å²) in [6, 6.07) is 3.09. The molecule has 0 radical (unpaired) electrons. The first-order valence-electron chi connectivity index (χ1n) is 7.39. The molecule has 1 aromatic rings. The molecule has 1 aromatic carbocycles. The summed E-state index contributed by atoms with van der Waals surface area (Å²) in [5.74, 6) is 0.158. The number of halogens is 1. The second kappa shape index (κ2) is 7.68. The number of carbonyl (C=O) groups excluding carboxylic acids is 2. The van der Waals surface area contributed by atoms with Gasteiger partial charge in [0.15, 0.2) is 6.10 Å². The van der Waals surface area contributed by atoms with Gasteiger partial charge in [0.1, 0.15) is 16.0 Å². The molecule has 0 aliphatic carbocycles. The van der Waals surface area contributed by atoms with Crippen LogP contribution in [0.5, 0.6) is 11.5 Å². The van der Waals surface area contributed by atoms with E-state index in [0.717, 1.165) is 25.9 Å². The smallest absolute Gasteiger partial charge is 0.339 e. The van der Waals surface area contributed by atoms with Crippen LogP contribution in [0.3, 0.4) is 0 Å². The van der Waals surface area contributed by atoms with Gasteiger partial charge in [0, 0.05) is 13.1 Å². The number of carbonyl (C=O) groups is 2. The third kappa shape index (κ3) is 3.96. The molecular weight excluding hydrogens is 366 g/mol. The van der Waals surface area contributed by atoms with E-state index in [1.54, 1.807) is 24.0 Å². The minimum absolute atomic E-state index is 0.160. The molecule has 1 heterocycles. The van der Waals surface area contributed by atoms with Crippen molar-refractivity contribution in [2.24, 2.45) is 0 Å². The summed E-state index contributed by atoms with van der Waals surface area (Å²) in [6.45, 7) is 3.03. The molecule has 1 saturated heterocycles. The zero-order chi connectivity index (χ0) is 17.0. The van der Waals surface area contributed by atoms with Gasteiger partial charge in [0.05, 0.1) is 19.8 Å². The topological polar surface area (TPSA) is 65.1 Å². The van der Waals surface area contributed by atoms with Crippen LogP contribution in [0, 0.1) is 0 Å². The fourth-order valence-electron chi connectivity index (χ4n) is 2.46. The molecule has 1 amide bonds. The Balaban J connectivity index is 2.12. The van der Waals surface area contributed by atoms with Gasteiger partial charge in [-0.1, -0.05) is 0 Å². The van der Waals surface area contributed by atoms with Crippen LogP contribution < -0.4 is 9.47 Å². The van der Waals surface area contributed by atoms with Gasteiger partial charge < -0.3 is 19.1 Å². The lowest BCUT2D eigenvalue weighted by molar-refractivity contribution is -0.138. The highest BCUT2D eigenvalue weighted by Crippen LogP contribution is 2.35. The van der Waals surface area contributed by atoms with Crippen LogP contribution >= 0.6 is 15.9 Å². The lowest BCUT2D eigenvalue weighted by Crippen LogP contribution is -2.38. The van der Waals surface area contributed by atoms with E-state index in [9.17, 15) is 9.59 Å². The molecule has 0 bridgehead atoms. The number of amides is 1. The number of benzene rings is 1. The van der Waals surface area contributed by atoms with E-state index in [2.05, 4.69) is 15.9 Å². The summed E-state index contributed by atoms with van der Waals surface area (Å²) in [5.41, 5.74) is 0.267. The molecule has 126 valence electrons. The Morgan fingerprint density at radius 3 is 2.13 bits per heavy atom. The molecule has 0 spiro atoms. The van der Waals surface area contributed by atoms with Crippen molar-refractivity contribution in [1.82, 2.24) is 4.90 Å². The quantitative estimate of drug-likeness (QED) is 0.728. The standard InChI is InChI=1S/C16H20BrNO5/c1-10(15(19)18-6-4-5-7-18)23-16(20)11-8-12(21-2)14(17)13(9-11)22-3/h8-10H,4-7H2,1-3H3/t10-/m0/s1. The average Bonchev–Trinajstić information content (AvgIpc) is 3.08. The SMILES string of the molecule is COc1cc(C(=O)O[C@@H](C)C(=O)N2CCCC2)cc(OC)c1Br. The number of esters is 1. The molecule has 0 unspecified atom stereocenters. The van der Waals surface area contributed by atoms with Crippen LogP contribution in [0.4, 0.5) is 0 Å². The minimum Gasteiger partial charge on any atom is -0.495 e. The molecule has 23 heavy (non-hydrogen) atoms. The number of hydrogen-bond donors (Lipinski definition) is 0. The molecule has 7 heteroatoms. The lowest BCUT2D eigenvalue weighted by atomic mass is 10.2. The van der Waals surface area contributed by atoms with Crippen molar-refractivity contribution >= 4 is 27.8 Å². The van der Waals surface area contributed by atoms with Crippen LogP contribution in [0.25, 0.3) is 0 Å². The Labute approximate surface area is 143 Å². The van der Waals surface area contributed by atoms with Gasteiger partial charge >= 0.3 is 5.97 Å². The first kappa shape index (κ1) is 17.6. The molecule has 1 fully saturated rings. The van der Waals surface area contributed by atoms with E-state index in [-0.39, 0.29) is 11.5 Å². The monoisotopic (exact) mass is 385 g/mol. The maximum absolute atomic E-state index is 12.3. The Morgan fingerprint density at radius 2 is 1.65 bits per heavy atom. The van der Waals surface area contributed by atoms with E-state index in [1.807, 2.05) is 0 Å². The van der Waals surface area contributed by atoms with Crippen molar-refractivity contribution in [3.63, 3.8) is 0 Å². The number of hydrogen-bond acceptors (Lipinski definition) is 5. The van der Waals surface area contributed by atoms with E-state index in [0.29, 0.717) is 16.0 Å². The van der Waals surface area contributed by atoms with Crippen molar-refractivity contribution < 1.29 is 23.8 Å². The molecule has 0 saturated carbocycles. The van der Waals surface area contributed by atoms with E-state index < -0.39 is 12.1 Å². The largest absolute Gasteiger partial charge is 0.495 e. The third-order valence-electron chi connectivity index (χ3n) is 3.73. The van der Waals surface area contributed by atoms with Gasteiger partial charge in [-0.3, -0.25) is 4.79 Å². The highest BCUT2D eigenvalue weighted by Gasteiger charge is 2.27. The normalized spacial score (nSPS) is 15.2. The molecule has 6 nitrogen and oxygen atoms in total. The van der Waals surface area contributed by atoms with Crippen LogP contribution in [0.1, 0.15) is 30.1 Å². The first-order chi connectivity index (χ1) is 11.0. The van der Waals surface area contributed by atoms with Gasteiger partial charge in [-0.15, -0.1) is 0 Å². The van der Waals surface area contributed by atoms with Gasteiger partial charge in [0.25, 0.3) is 5.91 Å². The van der Waals surface area contributed by atoms with Gasteiger partial charge in [-0.2, -0.15) is 0 Å². The summed E-state index contributed by atoms with van der Waals surface area (Å²) in [7, 11) is 2.99. The van der Waals surface area contributed by atoms with Crippen molar-refractivity contribution in [3.05, 3.63) is 22.2 Å². The number of methoxy groups -OCH3 is 2. The lowest BCUT2D eigenvalue weighted by Gasteiger charge is -2.20. The van der Waals surface area contributed by atoms with E-state index in [4.69, 9.17) is 14.2 Å².